The molecule has 0 radical (unpaired) electrons. The molecule has 0 N–H and O–H groups in total. The highest BCUT2D eigenvalue weighted by Crippen LogP contribution is 2.34. The first-order chi connectivity index (χ1) is 8.85. The molecule has 1 aliphatic heterocycles. The van der Waals surface area contributed by atoms with Crippen molar-refractivity contribution in [2.75, 3.05) is 24.6 Å². The lowest BCUT2D eigenvalue weighted by molar-refractivity contribution is -0.384. The van der Waals surface area contributed by atoms with Crippen LogP contribution in [0.1, 0.15) is 26.5 Å². The summed E-state index contributed by atoms with van der Waals surface area (Å²) in [6.07, 6.45) is 0.553. The molecule has 0 atom stereocenters. The number of nitrogens with zero attached hydrogens (tertiary/aromatic N) is 4. The van der Waals surface area contributed by atoms with Gasteiger partial charge in [0.25, 0.3) is 0 Å². The SMILES string of the molecule is CCc1nn(C)c(N2CCOC(C)(C)C2)c1[N+](=O)[O-]. The van der Waals surface area contributed by atoms with Crippen LogP contribution in [-0.4, -0.2) is 40.0 Å². The van der Waals surface area contributed by atoms with Crippen molar-refractivity contribution < 1.29 is 9.66 Å². The number of hydrogen-bond donors (Lipinski definition) is 0. The lowest BCUT2D eigenvalue weighted by atomic mass is 10.1. The molecule has 0 spiro atoms. The molecule has 7 heteroatoms. The van der Waals surface area contributed by atoms with Gasteiger partial charge in [-0.2, -0.15) is 5.10 Å². The third kappa shape index (κ3) is 2.56. The van der Waals surface area contributed by atoms with Crippen molar-refractivity contribution >= 4 is 11.5 Å². The molecule has 0 aliphatic carbocycles. The second-order valence-electron chi connectivity index (χ2n) is 5.38. The Morgan fingerprint density at radius 2 is 2.21 bits per heavy atom. The van der Waals surface area contributed by atoms with E-state index in [4.69, 9.17) is 4.74 Å². The zero-order valence-corrected chi connectivity index (χ0v) is 11.8. The third-order valence-corrected chi connectivity index (χ3v) is 3.31. The van der Waals surface area contributed by atoms with Gasteiger partial charge in [-0.1, -0.05) is 6.92 Å². The van der Waals surface area contributed by atoms with E-state index in [-0.39, 0.29) is 16.2 Å². The van der Waals surface area contributed by atoms with Crippen LogP contribution in [0.4, 0.5) is 11.5 Å². The Bertz CT molecular complexity index is 495. The van der Waals surface area contributed by atoms with Gasteiger partial charge in [0.15, 0.2) is 0 Å². The van der Waals surface area contributed by atoms with Gasteiger partial charge in [0.1, 0.15) is 5.69 Å². The van der Waals surface area contributed by atoms with Gasteiger partial charge >= 0.3 is 5.69 Å². The third-order valence-electron chi connectivity index (χ3n) is 3.31. The van der Waals surface area contributed by atoms with Crippen LogP contribution in [0.15, 0.2) is 0 Å². The predicted molar refractivity (Wildman–Crippen MR) is 71.5 cm³/mol. The first kappa shape index (κ1) is 13.8. The summed E-state index contributed by atoms with van der Waals surface area (Å²) in [4.78, 5) is 13.0. The van der Waals surface area contributed by atoms with Gasteiger partial charge in [-0.25, -0.2) is 4.68 Å². The molecular formula is C12H20N4O3. The summed E-state index contributed by atoms with van der Waals surface area (Å²) < 4.78 is 7.26. The van der Waals surface area contributed by atoms with E-state index >= 15 is 0 Å². The minimum atomic E-state index is -0.330. The summed E-state index contributed by atoms with van der Waals surface area (Å²) in [5, 5.41) is 15.6. The predicted octanol–water partition coefficient (Wildman–Crippen LogP) is 1.51. The smallest absolute Gasteiger partial charge is 0.334 e. The molecule has 0 amide bonds. The minimum Gasteiger partial charge on any atom is -0.372 e. The Morgan fingerprint density at radius 1 is 1.53 bits per heavy atom. The van der Waals surface area contributed by atoms with Crippen LogP contribution in [0, 0.1) is 10.1 Å². The van der Waals surface area contributed by atoms with Crippen molar-refractivity contribution in [3.8, 4) is 0 Å². The van der Waals surface area contributed by atoms with Gasteiger partial charge in [-0.05, 0) is 20.3 Å². The van der Waals surface area contributed by atoms with E-state index in [9.17, 15) is 10.1 Å². The number of rotatable bonds is 3. The molecule has 2 heterocycles. The molecule has 2 rings (SSSR count). The molecule has 0 saturated carbocycles. The first-order valence-corrected chi connectivity index (χ1v) is 6.45. The fourth-order valence-electron chi connectivity index (χ4n) is 2.53. The Labute approximate surface area is 112 Å². The van der Waals surface area contributed by atoms with Gasteiger partial charge in [0, 0.05) is 20.1 Å². The lowest BCUT2D eigenvalue weighted by Gasteiger charge is -2.38. The van der Waals surface area contributed by atoms with Gasteiger partial charge in [-0.3, -0.25) is 10.1 Å². The van der Waals surface area contributed by atoms with Crippen molar-refractivity contribution in [3.63, 3.8) is 0 Å². The van der Waals surface area contributed by atoms with Gasteiger partial charge < -0.3 is 9.64 Å². The number of ether oxygens (including phenoxy) is 1. The average Bonchev–Trinajstić information content (AvgIpc) is 2.64. The zero-order chi connectivity index (χ0) is 14.2. The largest absolute Gasteiger partial charge is 0.372 e. The van der Waals surface area contributed by atoms with E-state index in [0.717, 1.165) is 0 Å². The summed E-state index contributed by atoms with van der Waals surface area (Å²) in [5.74, 6) is 0.582. The second kappa shape index (κ2) is 4.80. The topological polar surface area (TPSA) is 73.4 Å². The molecule has 1 aliphatic rings. The quantitative estimate of drug-likeness (QED) is 0.613. The van der Waals surface area contributed by atoms with Crippen LogP contribution in [-0.2, 0) is 18.2 Å². The molecule has 106 valence electrons. The number of nitro groups is 1. The van der Waals surface area contributed by atoms with Crippen molar-refractivity contribution in [2.24, 2.45) is 7.05 Å². The highest BCUT2D eigenvalue weighted by atomic mass is 16.6. The molecule has 1 aromatic heterocycles. The summed E-state index contributed by atoms with van der Waals surface area (Å²) in [7, 11) is 1.75. The van der Waals surface area contributed by atoms with Crippen LogP contribution in [0.5, 0.6) is 0 Å². The summed E-state index contributed by atoms with van der Waals surface area (Å²) in [5.41, 5.74) is 0.359. The Kier molecular flexibility index (Phi) is 3.49. The standard InChI is InChI=1S/C12H20N4O3/c1-5-9-10(16(17)18)11(14(4)13-9)15-6-7-19-12(2,3)8-15/h5-8H2,1-4H3. The second-order valence-corrected chi connectivity index (χ2v) is 5.38. The maximum absolute atomic E-state index is 11.3. The van der Waals surface area contributed by atoms with Crippen LogP contribution >= 0.6 is 0 Å². The van der Waals surface area contributed by atoms with Crippen molar-refractivity contribution in [1.82, 2.24) is 9.78 Å². The van der Waals surface area contributed by atoms with Gasteiger partial charge in [0.05, 0.1) is 17.1 Å². The highest BCUT2D eigenvalue weighted by Gasteiger charge is 2.35. The normalized spacial score (nSPS) is 18.6. The van der Waals surface area contributed by atoms with Crippen LogP contribution < -0.4 is 4.90 Å². The number of hydrogen-bond acceptors (Lipinski definition) is 5. The van der Waals surface area contributed by atoms with Crippen LogP contribution in [0.2, 0.25) is 0 Å². The molecule has 1 fully saturated rings. The fourth-order valence-corrected chi connectivity index (χ4v) is 2.53. The molecule has 0 unspecified atom stereocenters. The summed E-state index contributed by atoms with van der Waals surface area (Å²) in [6, 6.07) is 0. The Hall–Kier alpha value is -1.63. The molecule has 7 nitrogen and oxygen atoms in total. The maximum atomic E-state index is 11.3. The highest BCUT2D eigenvalue weighted by molar-refractivity contribution is 5.62. The molecule has 1 saturated heterocycles. The molecule has 0 bridgehead atoms. The number of morpholine rings is 1. The zero-order valence-electron chi connectivity index (χ0n) is 11.8. The fraction of sp³-hybridized carbons (Fsp3) is 0.750. The van der Waals surface area contributed by atoms with Gasteiger partial charge in [-0.15, -0.1) is 0 Å². The van der Waals surface area contributed by atoms with Gasteiger partial charge in [0.2, 0.25) is 5.82 Å². The maximum Gasteiger partial charge on any atom is 0.334 e. The monoisotopic (exact) mass is 268 g/mol. The molecule has 0 aromatic carbocycles. The van der Waals surface area contributed by atoms with E-state index in [0.29, 0.717) is 37.6 Å². The lowest BCUT2D eigenvalue weighted by Crippen LogP contribution is -2.49. The average molecular weight is 268 g/mol. The first-order valence-electron chi connectivity index (χ1n) is 6.45. The summed E-state index contributed by atoms with van der Waals surface area (Å²) in [6.45, 7) is 7.69. The van der Waals surface area contributed by atoms with E-state index in [1.807, 2.05) is 25.7 Å². The molecule has 1 aromatic rings. The van der Waals surface area contributed by atoms with Crippen molar-refractivity contribution in [2.45, 2.75) is 32.8 Å². The number of aromatic nitrogens is 2. The number of aryl methyl sites for hydroxylation is 2. The van der Waals surface area contributed by atoms with E-state index in [1.54, 1.807) is 11.7 Å². The number of anilines is 1. The summed E-state index contributed by atoms with van der Waals surface area (Å²) >= 11 is 0. The Morgan fingerprint density at radius 3 is 2.74 bits per heavy atom. The van der Waals surface area contributed by atoms with Crippen molar-refractivity contribution in [1.29, 1.82) is 0 Å². The van der Waals surface area contributed by atoms with Crippen molar-refractivity contribution in [3.05, 3.63) is 15.8 Å². The molecular weight excluding hydrogens is 248 g/mol. The molecule has 19 heavy (non-hydrogen) atoms. The van der Waals surface area contributed by atoms with E-state index < -0.39 is 0 Å². The minimum absolute atomic E-state index is 0.128. The van der Waals surface area contributed by atoms with Crippen LogP contribution in [0.3, 0.4) is 0 Å². The Balaban J connectivity index is 2.44. The van der Waals surface area contributed by atoms with E-state index in [1.165, 1.54) is 0 Å². The van der Waals surface area contributed by atoms with E-state index in [2.05, 4.69) is 5.10 Å². The van der Waals surface area contributed by atoms with Crippen LogP contribution in [0.25, 0.3) is 0 Å².